The lowest BCUT2D eigenvalue weighted by atomic mass is 9.82. The van der Waals surface area contributed by atoms with E-state index in [9.17, 15) is 4.79 Å². The molecule has 2 aliphatic carbocycles. The first-order valence-electron chi connectivity index (χ1n) is 10.0. The number of rotatable bonds is 5. The Hall–Kier alpha value is -2.23. The topological polar surface area (TPSA) is 41.6 Å². The van der Waals surface area contributed by atoms with E-state index in [1.807, 2.05) is 0 Å². The van der Waals surface area contributed by atoms with E-state index < -0.39 is 0 Å². The van der Waals surface area contributed by atoms with Gasteiger partial charge >= 0.3 is 0 Å². The molecule has 3 aliphatic rings. The fourth-order valence-electron chi connectivity index (χ4n) is 4.76. The van der Waals surface area contributed by atoms with Crippen molar-refractivity contribution in [2.45, 2.75) is 64.3 Å². The summed E-state index contributed by atoms with van der Waals surface area (Å²) < 4.78 is 5.31. The molecule has 1 aromatic rings. The minimum Gasteiger partial charge on any atom is -0.431 e. The SMILES string of the molecule is CCN1C2=C(CCCC2)C(NC2=C(OC=O)CCCC2)c2ccccc21. The third-order valence-electron chi connectivity index (χ3n) is 5.94. The number of hydrogen-bond acceptors (Lipinski definition) is 4. The molecule has 4 rings (SSSR count). The van der Waals surface area contributed by atoms with Gasteiger partial charge in [0.25, 0.3) is 6.47 Å². The van der Waals surface area contributed by atoms with Gasteiger partial charge in [-0.25, -0.2) is 0 Å². The molecular weight excluding hydrogens is 324 g/mol. The van der Waals surface area contributed by atoms with Crippen molar-refractivity contribution >= 4 is 12.2 Å². The van der Waals surface area contributed by atoms with Gasteiger partial charge in [0.15, 0.2) is 0 Å². The Morgan fingerprint density at radius 3 is 2.73 bits per heavy atom. The Bertz CT molecular complexity index is 750. The van der Waals surface area contributed by atoms with Crippen LogP contribution in [0, 0.1) is 0 Å². The molecule has 138 valence electrons. The smallest absolute Gasteiger partial charge is 0.298 e. The quantitative estimate of drug-likeness (QED) is 0.762. The molecule has 0 spiro atoms. The average molecular weight is 352 g/mol. The summed E-state index contributed by atoms with van der Waals surface area (Å²) >= 11 is 0. The number of nitrogens with one attached hydrogen (secondary N) is 1. The molecule has 1 N–H and O–H groups in total. The van der Waals surface area contributed by atoms with Crippen LogP contribution in [0.3, 0.4) is 0 Å². The van der Waals surface area contributed by atoms with Gasteiger partial charge in [-0.15, -0.1) is 0 Å². The molecule has 0 fully saturated rings. The molecule has 1 heterocycles. The van der Waals surface area contributed by atoms with Crippen molar-refractivity contribution in [2.75, 3.05) is 11.4 Å². The lowest BCUT2D eigenvalue weighted by Crippen LogP contribution is -2.37. The third kappa shape index (κ3) is 3.02. The van der Waals surface area contributed by atoms with Gasteiger partial charge < -0.3 is 15.0 Å². The maximum absolute atomic E-state index is 10.9. The molecule has 0 bridgehead atoms. The van der Waals surface area contributed by atoms with E-state index in [0.717, 1.165) is 56.5 Å². The van der Waals surface area contributed by atoms with E-state index in [1.54, 1.807) is 0 Å². The van der Waals surface area contributed by atoms with Crippen LogP contribution in [-0.2, 0) is 9.53 Å². The summed E-state index contributed by atoms with van der Waals surface area (Å²) in [5.74, 6) is 0.833. The van der Waals surface area contributed by atoms with Crippen LogP contribution in [0.5, 0.6) is 0 Å². The second-order valence-electron chi connectivity index (χ2n) is 7.38. The first kappa shape index (κ1) is 17.2. The molecule has 4 heteroatoms. The minimum atomic E-state index is 0.197. The van der Waals surface area contributed by atoms with Crippen LogP contribution in [-0.4, -0.2) is 13.0 Å². The van der Waals surface area contributed by atoms with Crippen molar-refractivity contribution in [1.82, 2.24) is 5.32 Å². The van der Waals surface area contributed by atoms with Crippen LogP contribution in [0.1, 0.15) is 69.9 Å². The molecule has 1 unspecified atom stereocenters. The predicted octanol–water partition coefficient (Wildman–Crippen LogP) is 4.94. The van der Waals surface area contributed by atoms with Crippen molar-refractivity contribution < 1.29 is 9.53 Å². The van der Waals surface area contributed by atoms with Gasteiger partial charge in [-0.3, -0.25) is 4.79 Å². The molecule has 1 aromatic carbocycles. The highest BCUT2D eigenvalue weighted by atomic mass is 16.5. The summed E-state index contributed by atoms with van der Waals surface area (Å²) in [6.45, 7) is 3.81. The van der Waals surface area contributed by atoms with E-state index in [0.29, 0.717) is 6.47 Å². The number of hydrogen-bond donors (Lipinski definition) is 1. The summed E-state index contributed by atoms with van der Waals surface area (Å²) in [5.41, 5.74) is 6.82. The number of ether oxygens (including phenoxy) is 1. The minimum absolute atomic E-state index is 0.197. The number of nitrogens with zero attached hydrogens (tertiary/aromatic N) is 1. The van der Waals surface area contributed by atoms with Crippen LogP contribution in [0.15, 0.2) is 47.0 Å². The van der Waals surface area contributed by atoms with Crippen LogP contribution in [0.4, 0.5) is 5.69 Å². The number of para-hydroxylation sites is 1. The monoisotopic (exact) mass is 352 g/mol. The van der Waals surface area contributed by atoms with Crippen LogP contribution < -0.4 is 10.2 Å². The third-order valence-corrected chi connectivity index (χ3v) is 5.94. The fourth-order valence-corrected chi connectivity index (χ4v) is 4.76. The first-order chi connectivity index (χ1) is 12.8. The number of fused-ring (bicyclic) bond motifs is 1. The van der Waals surface area contributed by atoms with E-state index in [2.05, 4.69) is 41.4 Å². The second kappa shape index (κ2) is 7.56. The summed E-state index contributed by atoms with van der Waals surface area (Å²) in [5, 5.41) is 3.80. The molecule has 26 heavy (non-hydrogen) atoms. The summed E-state index contributed by atoms with van der Waals surface area (Å²) in [6.07, 6.45) is 8.88. The van der Waals surface area contributed by atoms with Gasteiger partial charge in [-0.2, -0.15) is 0 Å². The molecule has 0 radical (unpaired) electrons. The Labute approximate surface area is 155 Å². The Kier molecular flexibility index (Phi) is 5.00. The van der Waals surface area contributed by atoms with Gasteiger partial charge in [0.1, 0.15) is 5.76 Å². The number of carbonyl (C=O) groups excluding carboxylic acids is 1. The lowest BCUT2D eigenvalue weighted by molar-refractivity contribution is -0.125. The van der Waals surface area contributed by atoms with Crippen molar-refractivity contribution in [3.05, 3.63) is 52.6 Å². The molecule has 0 amide bonds. The highest BCUT2D eigenvalue weighted by Crippen LogP contribution is 2.46. The van der Waals surface area contributed by atoms with Gasteiger partial charge in [-0.1, -0.05) is 18.2 Å². The molecular formula is C22H28N2O2. The average Bonchev–Trinajstić information content (AvgIpc) is 2.69. The first-order valence-corrected chi connectivity index (χ1v) is 10.0. The Balaban J connectivity index is 1.76. The number of carbonyl (C=O) groups is 1. The zero-order valence-corrected chi connectivity index (χ0v) is 15.6. The Morgan fingerprint density at radius 2 is 1.88 bits per heavy atom. The van der Waals surface area contributed by atoms with Crippen LogP contribution >= 0.6 is 0 Å². The summed E-state index contributed by atoms with van der Waals surface area (Å²) in [4.78, 5) is 13.4. The van der Waals surface area contributed by atoms with Crippen molar-refractivity contribution in [3.8, 4) is 0 Å². The van der Waals surface area contributed by atoms with E-state index in [1.165, 1.54) is 35.4 Å². The van der Waals surface area contributed by atoms with E-state index in [-0.39, 0.29) is 6.04 Å². The van der Waals surface area contributed by atoms with Gasteiger partial charge in [0, 0.05) is 29.9 Å². The predicted molar refractivity (Wildman–Crippen MR) is 103 cm³/mol. The number of allylic oxidation sites excluding steroid dienone is 3. The summed E-state index contributed by atoms with van der Waals surface area (Å²) in [6, 6.07) is 8.95. The number of benzene rings is 1. The largest absolute Gasteiger partial charge is 0.431 e. The Morgan fingerprint density at radius 1 is 1.12 bits per heavy atom. The number of anilines is 1. The maximum atomic E-state index is 10.9. The molecule has 4 nitrogen and oxygen atoms in total. The molecule has 0 aromatic heterocycles. The zero-order valence-electron chi connectivity index (χ0n) is 15.6. The van der Waals surface area contributed by atoms with Crippen molar-refractivity contribution in [1.29, 1.82) is 0 Å². The van der Waals surface area contributed by atoms with E-state index in [4.69, 9.17) is 4.74 Å². The maximum Gasteiger partial charge on any atom is 0.298 e. The van der Waals surface area contributed by atoms with Gasteiger partial charge in [0.05, 0.1) is 11.7 Å². The van der Waals surface area contributed by atoms with Gasteiger partial charge in [0.2, 0.25) is 0 Å². The highest BCUT2D eigenvalue weighted by molar-refractivity contribution is 5.65. The molecule has 1 atom stereocenters. The zero-order chi connectivity index (χ0) is 17.9. The normalized spacial score (nSPS) is 22.7. The molecule has 0 saturated heterocycles. The summed E-state index contributed by atoms with van der Waals surface area (Å²) in [7, 11) is 0. The van der Waals surface area contributed by atoms with Crippen LogP contribution in [0.25, 0.3) is 0 Å². The highest BCUT2D eigenvalue weighted by Gasteiger charge is 2.34. The lowest BCUT2D eigenvalue weighted by Gasteiger charge is -2.42. The van der Waals surface area contributed by atoms with E-state index >= 15 is 0 Å². The standard InChI is InChI=1S/C22H28N2O2/c1-2-24-19-12-6-3-9-16(19)22(17-10-4-7-13-20(17)24)23-18-11-5-8-14-21(18)26-15-25/h3,6,9,12,15,22-23H,2,4-5,7-8,10-11,13-14H2,1H3. The van der Waals surface area contributed by atoms with Crippen molar-refractivity contribution in [3.63, 3.8) is 0 Å². The molecule has 0 saturated carbocycles. The van der Waals surface area contributed by atoms with Crippen molar-refractivity contribution in [2.24, 2.45) is 0 Å². The van der Waals surface area contributed by atoms with Crippen LogP contribution in [0.2, 0.25) is 0 Å². The fraction of sp³-hybridized carbons (Fsp3) is 0.500. The van der Waals surface area contributed by atoms with Gasteiger partial charge in [-0.05, 0) is 63.5 Å². The molecule has 1 aliphatic heterocycles. The second-order valence-corrected chi connectivity index (χ2v) is 7.38.